The largest absolute Gasteiger partial charge is 0.236 e. The van der Waals surface area contributed by atoms with Crippen LogP contribution in [0.5, 0.6) is 0 Å². The third-order valence-corrected chi connectivity index (χ3v) is 5.82. The quantitative estimate of drug-likeness (QED) is 0.410. The molecular formula is C17H10ClNS2. The van der Waals surface area contributed by atoms with Crippen molar-refractivity contribution in [1.82, 2.24) is 4.98 Å². The summed E-state index contributed by atoms with van der Waals surface area (Å²) in [6.07, 6.45) is 1.81. The highest BCUT2D eigenvalue weighted by molar-refractivity contribution is 7.99. The molecule has 0 amide bonds. The lowest BCUT2D eigenvalue weighted by molar-refractivity contribution is 1.34. The molecule has 3 aromatic rings. The average molecular weight is 328 g/mol. The molecule has 0 fully saturated rings. The van der Waals surface area contributed by atoms with Gasteiger partial charge < -0.3 is 0 Å². The van der Waals surface area contributed by atoms with Crippen molar-refractivity contribution in [2.45, 2.75) is 9.79 Å². The number of hydrogen-bond donors (Lipinski definition) is 0. The Morgan fingerprint density at radius 2 is 1.90 bits per heavy atom. The number of thiazole rings is 1. The summed E-state index contributed by atoms with van der Waals surface area (Å²) in [6.45, 7) is 3.85. The summed E-state index contributed by atoms with van der Waals surface area (Å²) in [4.78, 5) is 8.33. The summed E-state index contributed by atoms with van der Waals surface area (Å²) in [7, 11) is 0. The first-order chi connectivity index (χ1) is 10.3. The molecule has 1 aromatic heterocycles. The molecule has 4 rings (SSSR count). The smallest absolute Gasteiger partial charge is 0.116 e. The van der Waals surface area contributed by atoms with Crippen molar-refractivity contribution in [3.05, 3.63) is 59.1 Å². The molecule has 1 nitrogen and oxygen atoms in total. The Bertz CT molecular complexity index is 867. The van der Waals surface area contributed by atoms with Gasteiger partial charge in [0.25, 0.3) is 0 Å². The van der Waals surface area contributed by atoms with E-state index in [-0.39, 0.29) is 0 Å². The molecule has 2 aromatic carbocycles. The summed E-state index contributed by atoms with van der Waals surface area (Å²) < 4.78 is 0. The second-order valence-corrected chi connectivity index (χ2v) is 7.22. The lowest BCUT2D eigenvalue weighted by atomic mass is 10.1. The van der Waals surface area contributed by atoms with Crippen LogP contribution in [0.4, 0.5) is 0 Å². The minimum absolute atomic E-state index is 0.751. The average Bonchev–Trinajstić information content (AvgIpc) is 2.87. The Labute approximate surface area is 136 Å². The Kier molecular flexibility index (Phi) is 3.14. The fourth-order valence-electron chi connectivity index (χ4n) is 2.43. The van der Waals surface area contributed by atoms with Crippen LogP contribution in [0.2, 0.25) is 5.02 Å². The van der Waals surface area contributed by atoms with E-state index in [4.69, 9.17) is 16.6 Å². The monoisotopic (exact) mass is 327 g/mol. The van der Waals surface area contributed by atoms with E-state index in [2.05, 4.69) is 36.9 Å². The normalized spacial score (nSPS) is 12.0. The maximum atomic E-state index is 6.17. The van der Waals surface area contributed by atoms with Gasteiger partial charge in [0, 0.05) is 25.9 Å². The van der Waals surface area contributed by atoms with E-state index in [9.17, 15) is 0 Å². The highest BCUT2D eigenvalue weighted by atomic mass is 35.5. The zero-order valence-electron chi connectivity index (χ0n) is 11.0. The van der Waals surface area contributed by atoms with E-state index < -0.39 is 0 Å². The molecule has 0 saturated heterocycles. The molecule has 0 N–H and O–H groups in total. The number of rotatable bonds is 1. The van der Waals surface area contributed by atoms with Crippen molar-refractivity contribution in [1.29, 1.82) is 0 Å². The Hall–Kier alpha value is -1.55. The minimum atomic E-state index is 0.751. The van der Waals surface area contributed by atoms with Crippen molar-refractivity contribution >= 4 is 40.8 Å². The lowest BCUT2D eigenvalue weighted by Gasteiger charge is -2.06. The fourth-order valence-corrected chi connectivity index (χ4v) is 4.82. The van der Waals surface area contributed by atoms with Crippen LogP contribution in [0.15, 0.2) is 58.8 Å². The van der Waals surface area contributed by atoms with Crippen LogP contribution in [0.25, 0.3) is 27.8 Å². The van der Waals surface area contributed by atoms with Gasteiger partial charge in [-0.2, -0.15) is 0 Å². The topological polar surface area (TPSA) is 12.9 Å². The molecule has 0 spiro atoms. The molecule has 21 heavy (non-hydrogen) atoms. The summed E-state index contributed by atoms with van der Waals surface area (Å²) in [5.74, 6) is 0. The lowest BCUT2D eigenvalue weighted by Crippen LogP contribution is -1.82. The van der Waals surface area contributed by atoms with Crippen molar-refractivity contribution < 1.29 is 0 Å². The second-order valence-electron chi connectivity index (χ2n) is 4.67. The number of halogens is 1. The van der Waals surface area contributed by atoms with Crippen LogP contribution >= 0.6 is 34.7 Å². The van der Waals surface area contributed by atoms with Crippen LogP contribution in [-0.4, -0.2) is 4.98 Å². The van der Waals surface area contributed by atoms with Gasteiger partial charge in [-0.1, -0.05) is 54.2 Å². The third kappa shape index (κ3) is 2.13. The van der Waals surface area contributed by atoms with E-state index in [0.717, 1.165) is 26.2 Å². The predicted molar refractivity (Wildman–Crippen MR) is 92.2 cm³/mol. The molecular weight excluding hydrogens is 318 g/mol. The van der Waals surface area contributed by atoms with Gasteiger partial charge in [-0.15, -0.1) is 11.3 Å². The summed E-state index contributed by atoms with van der Waals surface area (Å²) >= 11 is 9.60. The molecule has 1 aliphatic heterocycles. The maximum absolute atomic E-state index is 6.17. The Morgan fingerprint density at radius 1 is 1.05 bits per heavy atom. The number of hydrogen-bond acceptors (Lipinski definition) is 3. The standard InChI is InChI=1S/C17H10ClNS2/c1-2-15-19-16-11-8-7-10(18)9-14(11)20-13-6-4-3-5-12(13)17(16)21-15/h2-9H,1H2. The number of fused-ring (bicyclic) bond motifs is 5. The number of aromatic nitrogens is 1. The van der Waals surface area contributed by atoms with E-state index >= 15 is 0 Å². The summed E-state index contributed by atoms with van der Waals surface area (Å²) in [6, 6.07) is 14.4. The first-order valence-electron chi connectivity index (χ1n) is 6.46. The highest BCUT2D eigenvalue weighted by Crippen LogP contribution is 2.50. The molecule has 2 heterocycles. The third-order valence-electron chi connectivity index (χ3n) is 3.37. The van der Waals surface area contributed by atoms with Crippen LogP contribution < -0.4 is 0 Å². The summed E-state index contributed by atoms with van der Waals surface area (Å²) in [5, 5.41) is 1.70. The SMILES string of the molecule is C=Cc1nc2c(s1)-c1ccccc1Sc1cc(Cl)ccc1-2. The molecule has 0 radical (unpaired) electrons. The van der Waals surface area contributed by atoms with Crippen LogP contribution in [0, 0.1) is 0 Å². The first kappa shape index (κ1) is 13.1. The van der Waals surface area contributed by atoms with Gasteiger partial charge in [0.1, 0.15) is 5.01 Å². The molecule has 0 atom stereocenters. The van der Waals surface area contributed by atoms with Gasteiger partial charge in [-0.25, -0.2) is 4.98 Å². The Balaban J connectivity index is 2.10. The van der Waals surface area contributed by atoms with Gasteiger partial charge in [-0.3, -0.25) is 0 Å². The molecule has 102 valence electrons. The molecule has 0 saturated carbocycles. The van der Waals surface area contributed by atoms with Crippen molar-refractivity contribution in [2.75, 3.05) is 0 Å². The van der Waals surface area contributed by atoms with Crippen molar-refractivity contribution in [3.8, 4) is 21.7 Å². The fraction of sp³-hybridized carbons (Fsp3) is 0. The van der Waals surface area contributed by atoms with E-state index in [1.165, 1.54) is 15.3 Å². The first-order valence-corrected chi connectivity index (χ1v) is 8.48. The van der Waals surface area contributed by atoms with Gasteiger partial charge in [0.05, 0.1) is 10.6 Å². The van der Waals surface area contributed by atoms with Gasteiger partial charge >= 0.3 is 0 Å². The van der Waals surface area contributed by atoms with Gasteiger partial charge in [0.15, 0.2) is 0 Å². The van der Waals surface area contributed by atoms with Gasteiger partial charge in [0.2, 0.25) is 0 Å². The maximum Gasteiger partial charge on any atom is 0.116 e. The molecule has 0 unspecified atom stereocenters. The second kappa shape index (κ2) is 5.02. The van der Waals surface area contributed by atoms with Gasteiger partial charge in [-0.05, 0) is 24.3 Å². The van der Waals surface area contributed by atoms with E-state index in [1.807, 2.05) is 18.2 Å². The molecule has 1 aliphatic rings. The predicted octanol–water partition coefficient (Wildman–Crippen LogP) is 6.24. The van der Waals surface area contributed by atoms with Crippen molar-refractivity contribution in [2.24, 2.45) is 0 Å². The molecule has 4 heteroatoms. The minimum Gasteiger partial charge on any atom is -0.236 e. The zero-order valence-corrected chi connectivity index (χ0v) is 13.4. The van der Waals surface area contributed by atoms with Crippen LogP contribution in [0.1, 0.15) is 5.01 Å². The highest BCUT2D eigenvalue weighted by Gasteiger charge is 2.23. The van der Waals surface area contributed by atoms with Crippen LogP contribution in [0.3, 0.4) is 0 Å². The van der Waals surface area contributed by atoms with E-state index in [1.54, 1.807) is 23.1 Å². The zero-order chi connectivity index (χ0) is 14.4. The number of benzene rings is 2. The molecule has 0 aliphatic carbocycles. The molecule has 0 bridgehead atoms. The van der Waals surface area contributed by atoms with Crippen molar-refractivity contribution in [3.63, 3.8) is 0 Å². The Morgan fingerprint density at radius 3 is 2.76 bits per heavy atom. The van der Waals surface area contributed by atoms with Crippen LogP contribution in [-0.2, 0) is 0 Å². The number of nitrogens with zero attached hydrogens (tertiary/aromatic N) is 1. The summed E-state index contributed by atoms with van der Waals surface area (Å²) in [5.41, 5.74) is 3.40. The van der Waals surface area contributed by atoms with E-state index in [0.29, 0.717) is 0 Å².